The van der Waals surface area contributed by atoms with Gasteiger partial charge >= 0.3 is 0 Å². The molecule has 1 atom stereocenters. The van der Waals surface area contributed by atoms with Crippen LogP contribution in [0.4, 0.5) is 0 Å². The van der Waals surface area contributed by atoms with Gasteiger partial charge in [0.25, 0.3) is 5.91 Å². The Bertz CT molecular complexity index is 1070. The number of aromatic amines is 2. The van der Waals surface area contributed by atoms with Crippen LogP contribution in [0.2, 0.25) is 0 Å². The van der Waals surface area contributed by atoms with Crippen molar-refractivity contribution in [3.8, 4) is 0 Å². The molecule has 2 aromatic heterocycles. The summed E-state index contributed by atoms with van der Waals surface area (Å²) in [6, 6.07) is 11.4. The van der Waals surface area contributed by atoms with Crippen LogP contribution in [0.25, 0.3) is 21.9 Å². The first-order valence-corrected chi connectivity index (χ1v) is 9.33. The average molecular weight is 462 g/mol. The molecule has 2 aromatic carbocycles. The van der Waals surface area contributed by atoms with E-state index in [2.05, 4.69) is 52.1 Å². The molecule has 5 nitrogen and oxygen atoms in total. The van der Waals surface area contributed by atoms with Gasteiger partial charge in [0.1, 0.15) is 5.82 Å². The molecule has 126 valence electrons. The largest absolute Gasteiger partial charge is 0.360 e. The van der Waals surface area contributed by atoms with E-state index >= 15 is 0 Å². The number of para-hydroxylation sites is 2. The van der Waals surface area contributed by atoms with E-state index in [1.165, 1.54) is 0 Å². The van der Waals surface area contributed by atoms with Crippen molar-refractivity contribution in [1.82, 2.24) is 20.3 Å². The average Bonchev–Trinajstić information content (AvgIpc) is 3.19. The first kappa shape index (κ1) is 16.4. The first-order chi connectivity index (χ1) is 12.0. The van der Waals surface area contributed by atoms with Crippen LogP contribution in [0.1, 0.15) is 29.1 Å². The van der Waals surface area contributed by atoms with E-state index in [1.54, 1.807) is 6.20 Å². The number of benzene rings is 2. The number of hydrogen-bond donors (Lipinski definition) is 3. The zero-order chi connectivity index (χ0) is 17.6. The molecule has 0 aliphatic rings. The second-order valence-corrected chi connectivity index (χ2v) is 7.56. The smallest absolute Gasteiger partial charge is 0.254 e. The highest BCUT2D eigenvalue weighted by Crippen LogP contribution is 2.30. The van der Waals surface area contributed by atoms with Crippen molar-refractivity contribution < 1.29 is 4.79 Å². The minimum Gasteiger partial charge on any atom is -0.360 e. The molecule has 0 spiro atoms. The lowest BCUT2D eigenvalue weighted by Gasteiger charge is -2.11. The van der Waals surface area contributed by atoms with E-state index in [0.717, 1.165) is 36.7 Å². The summed E-state index contributed by atoms with van der Waals surface area (Å²) in [7, 11) is 0. The van der Waals surface area contributed by atoms with Crippen LogP contribution in [-0.2, 0) is 0 Å². The number of nitrogens with one attached hydrogen (secondary N) is 3. The molecule has 1 unspecified atom stereocenters. The molecule has 1 amide bonds. The van der Waals surface area contributed by atoms with Crippen molar-refractivity contribution in [2.75, 3.05) is 0 Å². The summed E-state index contributed by atoms with van der Waals surface area (Å²) in [4.78, 5) is 23.6. The van der Waals surface area contributed by atoms with Gasteiger partial charge in [-0.05, 0) is 63.0 Å². The SMILES string of the molecule is CC(NC(=O)c1c[nH]c2cc(Br)c(Br)cc12)c1nc2ccccc2[nH]1. The summed E-state index contributed by atoms with van der Waals surface area (Å²) < 4.78 is 1.84. The predicted octanol–water partition coefficient (Wildman–Crippen LogP) is 5.06. The third-order valence-electron chi connectivity index (χ3n) is 4.13. The Kier molecular flexibility index (Phi) is 4.13. The Labute approximate surface area is 160 Å². The van der Waals surface area contributed by atoms with E-state index < -0.39 is 0 Å². The lowest BCUT2D eigenvalue weighted by atomic mass is 10.1. The molecule has 0 radical (unpaired) electrons. The maximum absolute atomic E-state index is 12.7. The number of rotatable bonds is 3. The molecule has 3 N–H and O–H groups in total. The van der Waals surface area contributed by atoms with Gasteiger partial charge < -0.3 is 15.3 Å². The summed E-state index contributed by atoms with van der Waals surface area (Å²) in [5, 5.41) is 3.87. The van der Waals surface area contributed by atoms with E-state index in [0.29, 0.717) is 5.56 Å². The zero-order valence-corrected chi connectivity index (χ0v) is 16.4. The van der Waals surface area contributed by atoms with Crippen molar-refractivity contribution >= 4 is 59.7 Å². The van der Waals surface area contributed by atoms with Crippen molar-refractivity contribution in [3.05, 3.63) is 62.9 Å². The molecular weight excluding hydrogens is 448 g/mol. The molecular formula is C18H14Br2N4O. The van der Waals surface area contributed by atoms with Crippen molar-refractivity contribution in [1.29, 1.82) is 0 Å². The maximum Gasteiger partial charge on any atom is 0.254 e. The van der Waals surface area contributed by atoms with Gasteiger partial charge in [-0.2, -0.15) is 0 Å². The summed E-state index contributed by atoms with van der Waals surface area (Å²) in [6.07, 6.45) is 1.73. The fourth-order valence-corrected chi connectivity index (χ4v) is 3.51. The Morgan fingerprint density at radius 1 is 1.16 bits per heavy atom. The summed E-state index contributed by atoms with van der Waals surface area (Å²) in [5.74, 6) is 0.590. The number of H-pyrrole nitrogens is 2. The number of imidazole rings is 1. The van der Waals surface area contributed by atoms with Gasteiger partial charge in [0.2, 0.25) is 0 Å². The van der Waals surface area contributed by atoms with Gasteiger partial charge in [0.15, 0.2) is 0 Å². The molecule has 0 saturated heterocycles. The zero-order valence-electron chi connectivity index (χ0n) is 13.2. The van der Waals surface area contributed by atoms with Crippen LogP contribution >= 0.6 is 31.9 Å². The van der Waals surface area contributed by atoms with Crippen molar-refractivity contribution in [2.24, 2.45) is 0 Å². The van der Waals surface area contributed by atoms with Crippen LogP contribution in [0.15, 0.2) is 51.5 Å². The highest BCUT2D eigenvalue weighted by molar-refractivity contribution is 9.13. The third kappa shape index (κ3) is 2.98. The van der Waals surface area contributed by atoms with Crippen LogP contribution in [0, 0.1) is 0 Å². The van der Waals surface area contributed by atoms with Gasteiger partial charge in [-0.25, -0.2) is 4.98 Å². The van der Waals surface area contributed by atoms with Crippen molar-refractivity contribution in [2.45, 2.75) is 13.0 Å². The van der Waals surface area contributed by atoms with Crippen molar-refractivity contribution in [3.63, 3.8) is 0 Å². The van der Waals surface area contributed by atoms with Gasteiger partial charge in [-0.15, -0.1) is 0 Å². The van der Waals surface area contributed by atoms with Crippen LogP contribution < -0.4 is 5.32 Å². The van der Waals surface area contributed by atoms with Gasteiger partial charge in [-0.1, -0.05) is 12.1 Å². The topological polar surface area (TPSA) is 73.6 Å². The monoisotopic (exact) mass is 460 g/mol. The minimum absolute atomic E-state index is 0.145. The molecule has 25 heavy (non-hydrogen) atoms. The van der Waals surface area contributed by atoms with Crippen LogP contribution in [0.3, 0.4) is 0 Å². The summed E-state index contributed by atoms with van der Waals surface area (Å²) in [6.45, 7) is 1.91. The molecule has 4 aromatic rings. The Hall–Kier alpha value is -2.12. The number of nitrogens with zero attached hydrogens (tertiary/aromatic N) is 1. The van der Waals surface area contributed by atoms with Gasteiger partial charge in [0, 0.05) is 26.0 Å². The molecule has 0 saturated carbocycles. The number of aromatic nitrogens is 3. The van der Waals surface area contributed by atoms with E-state index in [4.69, 9.17) is 0 Å². The van der Waals surface area contributed by atoms with E-state index in [9.17, 15) is 4.79 Å². The van der Waals surface area contributed by atoms with Crippen LogP contribution in [0.5, 0.6) is 0 Å². The first-order valence-electron chi connectivity index (χ1n) is 7.74. The second kappa shape index (κ2) is 6.31. The Balaban J connectivity index is 1.62. The quantitative estimate of drug-likeness (QED) is 0.399. The molecule has 2 heterocycles. The fraction of sp³-hybridized carbons (Fsp3) is 0.111. The standard InChI is InChI=1S/C18H14Br2N4O/c1-9(17-23-14-4-2-3-5-15(14)24-17)22-18(25)11-8-21-16-7-13(20)12(19)6-10(11)16/h2-9,21H,1H3,(H,22,25)(H,23,24). The Morgan fingerprint density at radius 3 is 2.72 bits per heavy atom. The molecule has 7 heteroatoms. The summed E-state index contributed by atoms with van der Waals surface area (Å²) >= 11 is 6.95. The maximum atomic E-state index is 12.7. The van der Waals surface area contributed by atoms with Crippen LogP contribution in [-0.4, -0.2) is 20.9 Å². The molecule has 0 aliphatic carbocycles. The number of fused-ring (bicyclic) bond motifs is 2. The molecule has 0 bridgehead atoms. The number of hydrogen-bond acceptors (Lipinski definition) is 2. The fourth-order valence-electron chi connectivity index (χ4n) is 2.82. The van der Waals surface area contributed by atoms with E-state index in [1.807, 2.05) is 43.3 Å². The second-order valence-electron chi connectivity index (χ2n) is 5.85. The number of carbonyl (C=O) groups excluding carboxylic acids is 1. The number of amides is 1. The predicted molar refractivity (Wildman–Crippen MR) is 106 cm³/mol. The summed E-state index contributed by atoms with van der Waals surface area (Å²) in [5.41, 5.74) is 3.35. The minimum atomic E-state index is -0.233. The lowest BCUT2D eigenvalue weighted by Crippen LogP contribution is -2.27. The number of halogens is 2. The lowest BCUT2D eigenvalue weighted by molar-refractivity contribution is 0.0940. The molecule has 4 rings (SSSR count). The Morgan fingerprint density at radius 2 is 1.92 bits per heavy atom. The number of carbonyl (C=O) groups is 1. The van der Waals surface area contributed by atoms with E-state index in [-0.39, 0.29) is 11.9 Å². The normalized spacial score (nSPS) is 12.6. The van der Waals surface area contributed by atoms with Gasteiger partial charge in [0.05, 0.1) is 22.6 Å². The molecule has 0 fully saturated rings. The van der Waals surface area contributed by atoms with Gasteiger partial charge in [-0.3, -0.25) is 4.79 Å². The highest BCUT2D eigenvalue weighted by atomic mass is 79.9. The highest BCUT2D eigenvalue weighted by Gasteiger charge is 2.18. The molecule has 0 aliphatic heterocycles. The third-order valence-corrected chi connectivity index (χ3v) is 5.98.